The number of likely N-dealkylation sites (tertiary alicyclic amines) is 1. The number of nitrogens with zero attached hydrogens (tertiary/aromatic N) is 1. The van der Waals surface area contributed by atoms with Crippen molar-refractivity contribution in [3.05, 3.63) is 29.3 Å². The van der Waals surface area contributed by atoms with Crippen LogP contribution < -0.4 is 10.6 Å². The van der Waals surface area contributed by atoms with Gasteiger partial charge in [-0.3, -0.25) is 9.69 Å². The molecule has 6 heteroatoms. The topological polar surface area (TPSA) is 70.7 Å². The number of hydrogen-bond donors (Lipinski definition) is 2. The van der Waals surface area contributed by atoms with E-state index in [9.17, 15) is 9.59 Å². The first-order chi connectivity index (χ1) is 12.5. The van der Waals surface area contributed by atoms with Crippen molar-refractivity contribution < 1.29 is 14.3 Å². The first-order valence-electron chi connectivity index (χ1n) is 9.67. The molecule has 2 rings (SSSR count). The molecule has 1 fully saturated rings. The number of rotatable bonds is 4. The number of carbonyl (C=O) groups is 2. The van der Waals surface area contributed by atoms with Crippen LogP contribution in [0.25, 0.3) is 0 Å². The SMILES string of the molecule is Cc1ccc(C)c(NC(=O)[C@@H](C)N2CCC(NC(=O)OC(C)(C)C)CC2)c1. The van der Waals surface area contributed by atoms with Gasteiger partial charge in [-0.15, -0.1) is 0 Å². The highest BCUT2D eigenvalue weighted by molar-refractivity contribution is 5.95. The second-order valence-electron chi connectivity index (χ2n) is 8.44. The minimum absolute atomic E-state index is 0.00208. The van der Waals surface area contributed by atoms with Gasteiger partial charge in [-0.2, -0.15) is 0 Å². The molecule has 2 amide bonds. The minimum Gasteiger partial charge on any atom is -0.444 e. The van der Waals surface area contributed by atoms with Gasteiger partial charge in [-0.25, -0.2) is 4.79 Å². The first kappa shape index (κ1) is 21.2. The fourth-order valence-electron chi connectivity index (χ4n) is 3.18. The van der Waals surface area contributed by atoms with Crippen LogP contribution in [0, 0.1) is 13.8 Å². The predicted molar refractivity (Wildman–Crippen MR) is 108 cm³/mol. The van der Waals surface area contributed by atoms with E-state index in [1.54, 1.807) is 0 Å². The van der Waals surface area contributed by atoms with Crippen LogP contribution in [0.2, 0.25) is 0 Å². The van der Waals surface area contributed by atoms with Crippen molar-refractivity contribution in [1.29, 1.82) is 0 Å². The molecule has 1 heterocycles. The summed E-state index contributed by atoms with van der Waals surface area (Å²) < 4.78 is 5.31. The lowest BCUT2D eigenvalue weighted by molar-refractivity contribution is -0.121. The number of aryl methyl sites for hydroxylation is 2. The zero-order valence-corrected chi connectivity index (χ0v) is 17.4. The molecule has 1 aliphatic heterocycles. The van der Waals surface area contributed by atoms with Gasteiger partial charge in [0.25, 0.3) is 0 Å². The van der Waals surface area contributed by atoms with Crippen LogP contribution in [0.1, 0.15) is 51.7 Å². The number of benzene rings is 1. The van der Waals surface area contributed by atoms with Crippen LogP contribution in [0.15, 0.2) is 18.2 Å². The molecule has 0 bridgehead atoms. The van der Waals surface area contributed by atoms with E-state index in [2.05, 4.69) is 15.5 Å². The molecule has 1 saturated heterocycles. The number of carbonyl (C=O) groups excluding carboxylic acids is 2. The predicted octanol–water partition coefficient (Wildman–Crippen LogP) is 3.62. The highest BCUT2D eigenvalue weighted by atomic mass is 16.6. The van der Waals surface area contributed by atoms with Crippen molar-refractivity contribution in [2.75, 3.05) is 18.4 Å². The summed E-state index contributed by atoms with van der Waals surface area (Å²) >= 11 is 0. The molecule has 1 aliphatic rings. The maximum absolute atomic E-state index is 12.6. The molecule has 1 atom stereocenters. The van der Waals surface area contributed by atoms with Crippen LogP contribution >= 0.6 is 0 Å². The Balaban J connectivity index is 1.83. The molecule has 6 nitrogen and oxygen atoms in total. The lowest BCUT2D eigenvalue weighted by Gasteiger charge is -2.35. The second-order valence-corrected chi connectivity index (χ2v) is 8.44. The average Bonchev–Trinajstić information content (AvgIpc) is 2.56. The Labute approximate surface area is 162 Å². The quantitative estimate of drug-likeness (QED) is 0.843. The molecule has 0 aromatic heterocycles. The molecule has 0 spiro atoms. The lowest BCUT2D eigenvalue weighted by Crippen LogP contribution is -2.51. The first-order valence-corrected chi connectivity index (χ1v) is 9.67. The van der Waals surface area contributed by atoms with Crippen LogP contribution in [0.3, 0.4) is 0 Å². The number of anilines is 1. The van der Waals surface area contributed by atoms with E-state index < -0.39 is 5.60 Å². The van der Waals surface area contributed by atoms with Gasteiger partial charge in [0.15, 0.2) is 0 Å². The van der Waals surface area contributed by atoms with Gasteiger partial charge in [0.05, 0.1) is 6.04 Å². The van der Waals surface area contributed by atoms with E-state index in [0.29, 0.717) is 0 Å². The Morgan fingerprint density at radius 3 is 2.41 bits per heavy atom. The zero-order chi connectivity index (χ0) is 20.2. The maximum atomic E-state index is 12.6. The van der Waals surface area contributed by atoms with Crippen molar-refractivity contribution >= 4 is 17.7 Å². The Bertz CT molecular complexity index is 674. The summed E-state index contributed by atoms with van der Waals surface area (Å²) in [7, 11) is 0. The van der Waals surface area contributed by atoms with Crippen molar-refractivity contribution in [1.82, 2.24) is 10.2 Å². The molecular formula is C21H33N3O3. The standard InChI is InChI=1S/C21H33N3O3/c1-14-7-8-15(2)18(13-14)23-19(25)16(3)24-11-9-17(10-12-24)22-20(26)27-21(4,5)6/h7-8,13,16-17H,9-12H2,1-6H3,(H,22,26)(H,23,25)/t16-/m1/s1. The van der Waals surface area contributed by atoms with E-state index in [1.807, 2.05) is 59.7 Å². The van der Waals surface area contributed by atoms with Crippen LogP contribution in [-0.2, 0) is 9.53 Å². The third kappa shape index (κ3) is 6.54. The Morgan fingerprint density at radius 1 is 1.19 bits per heavy atom. The monoisotopic (exact) mass is 375 g/mol. The summed E-state index contributed by atoms with van der Waals surface area (Å²) in [6, 6.07) is 5.93. The molecule has 27 heavy (non-hydrogen) atoms. The van der Waals surface area contributed by atoms with Gasteiger partial charge < -0.3 is 15.4 Å². The molecule has 2 N–H and O–H groups in total. The summed E-state index contributed by atoms with van der Waals surface area (Å²) in [5, 5.41) is 5.98. The molecule has 0 aliphatic carbocycles. The summed E-state index contributed by atoms with van der Waals surface area (Å²) in [4.78, 5) is 26.7. The van der Waals surface area contributed by atoms with E-state index in [0.717, 1.165) is 42.7 Å². The van der Waals surface area contributed by atoms with Crippen molar-refractivity contribution in [3.8, 4) is 0 Å². The van der Waals surface area contributed by atoms with Gasteiger partial charge in [-0.1, -0.05) is 12.1 Å². The molecule has 1 aromatic carbocycles. The number of alkyl carbamates (subject to hydrolysis) is 1. The number of hydrogen-bond acceptors (Lipinski definition) is 4. The summed E-state index contributed by atoms with van der Waals surface area (Å²) in [5.74, 6) is 0.00208. The van der Waals surface area contributed by atoms with Crippen molar-refractivity contribution in [3.63, 3.8) is 0 Å². The van der Waals surface area contributed by atoms with E-state index >= 15 is 0 Å². The Kier molecular flexibility index (Phi) is 6.87. The fourth-order valence-corrected chi connectivity index (χ4v) is 3.18. The van der Waals surface area contributed by atoms with Gasteiger partial charge in [0.1, 0.15) is 5.60 Å². The number of piperidine rings is 1. The lowest BCUT2D eigenvalue weighted by atomic mass is 10.0. The highest BCUT2D eigenvalue weighted by Gasteiger charge is 2.28. The van der Waals surface area contributed by atoms with Gasteiger partial charge in [-0.05, 0) is 71.6 Å². The fraction of sp³-hybridized carbons (Fsp3) is 0.619. The largest absolute Gasteiger partial charge is 0.444 e. The van der Waals surface area contributed by atoms with E-state index in [1.165, 1.54) is 0 Å². The zero-order valence-electron chi connectivity index (χ0n) is 17.4. The second kappa shape index (κ2) is 8.74. The minimum atomic E-state index is -0.495. The molecule has 0 unspecified atom stereocenters. The Morgan fingerprint density at radius 2 is 1.81 bits per heavy atom. The van der Waals surface area contributed by atoms with Gasteiger partial charge in [0.2, 0.25) is 5.91 Å². The molecule has 0 radical (unpaired) electrons. The van der Waals surface area contributed by atoms with Crippen molar-refractivity contribution in [2.45, 2.75) is 72.1 Å². The normalized spacial score (nSPS) is 17.3. The number of nitrogens with one attached hydrogen (secondary N) is 2. The summed E-state index contributed by atoms with van der Waals surface area (Å²) in [6.07, 6.45) is 1.24. The number of amides is 2. The van der Waals surface area contributed by atoms with E-state index in [4.69, 9.17) is 4.74 Å². The van der Waals surface area contributed by atoms with Crippen LogP contribution in [0.4, 0.5) is 10.5 Å². The van der Waals surface area contributed by atoms with Gasteiger partial charge >= 0.3 is 6.09 Å². The smallest absolute Gasteiger partial charge is 0.407 e. The van der Waals surface area contributed by atoms with Crippen LogP contribution in [-0.4, -0.2) is 47.7 Å². The maximum Gasteiger partial charge on any atom is 0.407 e. The summed E-state index contributed by atoms with van der Waals surface area (Å²) in [6.45, 7) is 13.0. The third-order valence-electron chi connectivity index (χ3n) is 4.83. The van der Waals surface area contributed by atoms with Crippen LogP contribution in [0.5, 0.6) is 0 Å². The molecular weight excluding hydrogens is 342 g/mol. The molecule has 1 aromatic rings. The summed E-state index contributed by atoms with van der Waals surface area (Å²) in [5.41, 5.74) is 2.55. The third-order valence-corrected chi connectivity index (χ3v) is 4.83. The highest BCUT2D eigenvalue weighted by Crippen LogP contribution is 2.19. The molecule has 150 valence electrons. The van der Waals surface area contributed by atoms with Crippen molar-refractivity contribution in [2.24, 2.45) is 0 Å². The molecule has 0 saturated carbocycles. The number of ether oxygens (including phenoxy) is 1. The van der Waals surface area contributed by atoms with Gasteiger partial charge in [0, 0.05) is 24.8 Å². The Hall–Kier alpha value is -2.08. The van der Waals surface area contributed by atoms with E-state index in [-0.39, 0.29) is 24.1 Å². The average molecular weight is 376 g/mol.